The Morgan fingerprint density at radius 1 is 0.958 bits per heavy atom. The number of nitrogens with one attached hydrogen (secondary N) is 1. The molecule has 0 fully saturated rings. The fourth-order valence-corrected chi connectivity index (χ4v) is 2.38. The van der Waals surface area contributed by atoms with Crippen molar-refractivity contribution < 1.29 is 4.39 Å². The summed E-state index contributed by atoms with van der Waals surface area (Å²) < 4.78 is 14.9. The fraction of sp³-hybridized carbons (Fsp3) is 0.105. The number of rotatable bonds is 5. The quantitative estimate of drug-likeness (QED) is 0.713. The summed E-state index contributed by atoms with van der Waals surface area (Å²) in [6, 6.07) is 16.7. The predicted molar refractivity (Wildman–Crippen MR) is 91.6 cm³/mol. The van der Waals surface area contributed by atoms with Crippen LogP contribution in [0, 0.1) is 17.1 Å². The lowest BCUT2D eigenvalue weighted by atomic mass is 10.0. The first-order chi connectivity index (χ1) is 11.8. The molecule has 5 heteroatoms. The molecule has 0 atom stereocenters. The smallest absolute Gasteiger partial charge is 0.144 e. The molecule has 1 aromatic heterocycles. The third-order valence-corrected chi connectivity index (χ3v) is 3.55. The SMILES string of the molecule is N#CCCNc1cnc(-c2cccc(-c3ccccc3)c2F)cn1. The van der Waals surface area contributed by atoms with Crippen LogP contribution in [0.1, 0.15) is 6.42 Å². The monoisotopic (exact) mass is 318 g/mol. The van der Waals surface area contributed by atoms with Gasteiger partial charge in [0.2, 0.25) is 0 Å². The van der Waals surface area contributed by atoms with Gasteiger partial charge >= 0.3 is 0 Å². The molecule has 3 aromatic rings. The first-order valence-electron chi connectivity index (χ1n) is 7.57. The van der Waals surface area contributed by atoms with Crippen LogP contribution in [0.25, 0.3) is 22.4 Å². The topological polar surface area (TPSA) is 61.6 Å². The van der Waals surface area contributed by atoms with Crippen LogP contribution in [-0.4, -0.2) is 16.5 Å². The lowest BCUT2D eigenvalue weighted by Gasteiger charge is -2.09. The number of aromatic nitrogens is 2. The minimum Gasteiger partial charge on any atom is -0.368 e. The second-order valence-corrected chi connectivity index (χ2v) is 5.15. The van der Waals surface area contributed by atoms with Crippen molar-refractivity contribution in [3.63, 3.8) is 0 Å². The number of anilines is 1. The maximum absolute atomic E-state index is 14.9. The molecule has 1 N–H and O–H groups in total. The van der Waals surface area contributed by atoms with E-state index in [0.29, 0.717) is 35.6 Å². The molecule has 0 saturated heterocycles. The van der Waals surface area contributed by atoms with Gasteiger partial charge in [-0.15, -0.1) is 0 Å². The highest BCUT2D eigenvalue weighted by molar-refractivity contribution is 5.72. The number of halogens is 1. The van der Waals surface area contributed by atoms with E-state index in [-0.39, 0.29) is 5.82 Å². The van der Waals surface area contributed by atoms with Crippen LogP contribution >= 0.6 is 0 Å². The van der Waals surface area contributed by atoms with Gasteiger partial charge in [-0.1, -0.05) is 42.5 Å². The average Bonchev–Trinajstić information content (AvgIpc) is 2.64. The van der Waals surface area contributed by atoms with Crippen LogP contribution in [0.5, 0.6) is 0 Å². The summed E-state index contributed by atoms with van der Waals surface area (Å²) in [5.41, 5.74) is 2.23. The third-order valence-electron chi connectivity index (χ3n) is 3.55. The molecule has 0 aliphatic rings. The van der Waals surface area contributed by atoms with Crippen LogP contribution in [0.2, 0.25) is 0 Å². The summed E-state index contributed by atoms with van der Waals surface area (Å²) in [7, 11) is 0. The average molecular weight is 318 g/mol. The maximum atomic E-state index is 14.9. The number of hydrogen-bond acceptors (Lipinski definition) is 4. The molecule has 24 heavy (non-hydrogen) atoms. The highest BCUT2D eigenvalue weighted by Gasteiger charge is 2.12. The zero-order valence-electron chi connectivity index (χ0n) is 12.9. The zero-order chi connectivity index (χ0) is 16.8. The van der Waals surface area contributed by atoms with E-state index in [1.165, 1.54) is 6.20 Å². The Morgan fingerprint density at radius 2 is 1.75 bits per heavy atom. The Kier molecular flexibility index (Phi) is 4.78. The van der Waals surface area contributed by atoms with E-state index in [4.69, 9.17) is 5.26 Å². The highest BCUT2D eigenvalue weighted by atomic mass is 19.1. The van der Waals surface area contributed by atoms with Crippen LogP contribution in [-0.2, 0) is 0 Å². The second-order valence-electron chi connectivity index (χ2n) is 5.15. The van der Waals surface area contributed by atoms with Gasteiger partial charge in [-0.25, -0.2) is 9.37 Å². The lowest BCUT2D eigenvalue weighted by molar-refractivity contribution is 0.634. The van der Waals surface area contributed by atoms with E-state index in [1.807, 2.05) is 42.5 Å². The summed E-state index contributed by atoms with van der Waals surface area (Å²) >= 11 is 0. The van der Waals surface area contributed by atoms with Gasteiger partial charge in [0.15, 0.2) is 0 Å². The predicted octanol–water partition coefficient (Wildman–Crippen LogP) is 4.28. The van der Waals surface area contributed by atoms with Crippen molar-refractivity contribution in [1.82, 2.24) is 9.97 Å². The Balaban J connectivity index is 1.89. The normalized spacial score (nSPS) is 10.2. The van der Waals surface area contributed by atoms with E-state index in [0.717, 1.165) is 5.56 Å². The Morgan fingerprint density at radius 3 is 2.46 bits per heavy atom. The largest absolute Gasteiger partial charge is 0.368 e. The molecule has 0 unspecified atom stereocenters. The van der Waals surface area contributed by atoms with Gasteiger partial charge in [-0.3, -0.25) is 4.98 Å². The van der Waals surface area contributed by atoms with Gasteiger partial charge in [0.05, 0.1) is 30.6 Å². The second kappa shape index (κ2) is 7.34. The molecule has 0 aliphatic heterocycles. The summed E-state index contributed by atoms with van der Waals surface area (Å²) in [4.78, 5) is 8.50. The van der Waals surface area contributed by atoms with Crippen molar-refractivity contribution in [1.29, 1.82) is 5.26 Å². The standard InChI is InChI=1S/C19H15FN4/c20-19-15(14-6-2-1-3-7-14)8-4-9-16(19)17-12-24-18(13-23-17)22-11-5-10-21/h1-4,6-9,12-13H,5,11H2,(H,22,24). The number of hydrogen-bond donors (Lipinski definition) is 1. The van der Waals surface area contributed by atoms with Gasteiger partial charge in [0.1, 0.15) is 11.6 Å². The number of nitrogens with zero attached hydrogens (tertiary/aromatic N) is 3. The molecular formula is C19H15FN4. The van der Waals surface area contributed by atoms with Crippen LogP contribution in [0.15, 0.2) is 60.9 Å². The van der Waals surface area contributed by atoms with Gasteiger partial charge in [-0.05, 0) is 11.6 Å². The fourth-order valence-electron chi connectivity index (χ4n) is 2.38. The maximum Gasteiger partial charge on any atom is 0.144 e. The van der Waals surface area contributed by atoms with Crippen molar-refractivity contribution >= 4 is 5.82 Å². The third kappa shape index (κ3) is 3.39. The van der Waals surface area contributed by atoms with Crippen molar-refractivity contribution in [2.24, 2.45) is 0 Å². The van der Waals surface area contributed by atoms with Crippen molar-refractivity contribution in [2.45, 2.75) is 6.42 Å². The summed E-state index contributed by atoms with van der Waals surface area (Å²) in [6.45, 7) is 0.502. The van der Waals surface area contributed by atoms with Gasteiger partial charge < -0.3 is 5.32 Å². The summed E-state index contributed by atoms with van der Waals surface area (Å²) in [5, 5.41) is 11.5. The molecule has 0 aliphatic carbocycles. The van der Waals surface area contributed by atoms with Crippen LogP contribution in [0.4, 0.5) is 10.2 Å². The van der Waals surface area contributed by atoms with E-state index in [9.17, 15) is 4.39 Å². The Labute approximate surface area is 139 Å². The van der Waals surface area contributed by atoms with Gasteiger partial charge in [0.25, 0.3) is 0 Å². The van der Waals surface area contributed by atoms with E-state index >= 15 is 0 Å². The first-order valence-corrected chi connectivity index (χ1v) is 7.57. The summed E-state index contributed by atoms with van der Waals surface area (Å²) in [6.07, 6.45) is 3.46. The molecule has 0 radical (unpaired) electrons. The Hall–Kier alpha value is -3.26. The van der Waals surface area contributed by atoms with Crippen LogP contribution < -0.4 is 5.32 Å². The van der Waals surface area contributed by atoms with Crippen molar-refractivity contribution in [2.75, 3.05) is 11.9 Å². The molecule has 0 amide bonds. The van der Waals surface area contributed by atoms with E-state index in [2.05, 4.69) is 15.3 Å². The molecule has 3 rings (SSSR count). The zero-order valence-corrected chi connectivity index (χ0v) is 12.9. The van der Waals surface area contributed by atoms with Crippen molar-refractivity contribution in [3.8, 4) is 28.5 Å². The molecule has 0 bridgehead atoms. The molecule has 4 nitrogen and oxygen atoms in total. The van der Waals surface area contributed by atoms with E-state index < -0.39 is 0 Å². The lowest BCUT2D eigenvalue weighted by Crippen LogP contribution is -2.03. The molecule has 1 heterocycles. The van der Waals surface area contributed by atoms with Gasteiger partial charge in [-0.2, -0.15) is 5.26 Å². The highest BCUT2D eigenvalue weighted by Crippen LogP contribution is 2.29. The van der Waals surface area contributed by atoms with Crippen molar-refractivity contribution in [3.05, 3.63) is 66.7 Å². The molecule has 118 valence electrons. The minimum atomic E-state index is -0.316. The number of benzene rings is 2. The number of nitriles is 1. The molecule has 2 aromatic carbocycles. The molecule has 0 saturated carbocycles. The first kappa shape index (κ1) is 15.6. The minimum absolute atomic E-state index is 0.316. The molecule has 0 spiro atoms. The van der Waals surface area contributed by atoms with Gasteiger partial charge in [0, 0.05) is 17.7 Å². The Bertz CT molecular complexity index is 855. The van der Waals surface area contributed by atoms with Crippen LogP contribution in [0.3, 0.4) is 0 Å². The molecular weight excluding hydrogens is 303 g/mol. The summed E-state index contributed by atoms with van der Waals surface area (Å²) in [5.74, 6) is 0.247. The van der Waals surface area contributed by atoms with E-state index in [1.54, 1.807) is 18.3 Å².